The molecule has 146 valence electrons. The second-order valence-electron chi connectivity index (χ2n) is 6.65. The zero-order chi connectivity index (χ0) is 19.1. The summed E-state index contributed by atoms with van der Waals surface area (Å²) in [6.07, 6.45) is 4.91. The molecule has 0 atom stereocenters. The lowest BCUT2D eigenvalue weighted by molar-refractivity contribution is -0.139. The lowest BCUT2D eigenvalue weighted by atomic mass is 9.97. The van der Waals surface area contributed by atoms with Gasteiger partial charge in [0.1, 0.15) is 11.6 Å². The summed E-state index contributed by atoms with van der Waals surface area (Å²) in [5, 5.41) is 1.68. The fraction of sp³-hybridized carbons (Fsp3) is 0.500. The van der Waals surface area contributed by atoms with Gasteiger partial charge in [-0.3, -0.25) is 0 Å². The molecule has 7 heteroatoms. The molecule has 1 aromatic carbocycles. The van der Waals surface area contributed by atoms with E-state index < -0.39 is 6.16 Å². The first-order valence-corrected chi connectivity index (χ1v) is 9.49. The number of methoxy groups -OCH3 is 1. The van der Waals surface area contributed by atoms with Crippen molar-refractivity contribution in [2.24, 2.45) is 0 Å². The number of nitrogens with one attached hydrogen (secondary N) is 1. The molecule has 1 aliphatic rings. The number of nitrogens with zero attached hydrogens (tertiary/aromatic N) is 2. The molecule has 0 saturated carbocycles. The van der Waals surface area contributed by atoms with Crippen LogP contribution < -0.4 is 4.74 Å². The number of hydrogen-bond acceptors (Lipinski definition) is 6. The largest absolute Gasteiger partial charge is 0.527 e. The van der Waals surface area contributed by atoms with Gasteiger partial charge in [0.15, 0.2) is 0 Å². The van der Waals surface area contributed by atoms with Crippen LogP contribution in [-0.4, -0.2) is 48.0 Å². The van der Waals surface area contributed by atoms with E-state index in [1.165, 1.54) is 0 Å². The Morgan fingerprint density at radius 1 is 1.26 bits per heavy atom. The highest BCUT2D eigenvalue weighted by Crippen LogP contribution is 2.28. The minimum Gasteiger partial charge on any atom is -0.497 e. The first kappa shape index (κ1) is 19.2. The fourth-order valence-electron chi connectivity index (χ4n) is 3.11. The number of aromatic nitrogens is 2. The van der Waals surface area contributed by atoms with Crippen LogP contribution in [0.1, 0.15) is 44.3 Å². The SMILES string of the molecule is CCCCOC(=O)ON1CCC(c2nc(-c3ccc(OC)cc3)c[nH]2)CC1. The van der Waals surface area contributed by atoms with Crippen LogP contribution in [0, 0.1) is 0 Å². The number of rotatable bonds is 7. The fourth-order valence-corrected chi connectivity index (χ4v) is 3.11. The van der Waals surface area contributed by atoms with E-state index in [1.807, 2.05) is 37.4 Å². The van der Waals surface area contributed by atoms with Crippen LogP contribution in [0.2, 0.25) is 0 Å². The first-order chi connectivity index (χ1) is 13.2. The number of H-pyrrole nitrogens is 1. The molecule has 1 aromatic heterocycles. The third-order valence-electron chi connectivity index (χ3n) is 4.75. The van der Waals surface area contributed by atoms with Gasteiger partial charge in [-0.25, -0.2) is 9.78 Å². The van der Waals surface area contributed by atoms with Crippen LogP contribution in [0.15, 0.2) is 30.5 Å². The highest BCUT2D eigenvalue weighted by Gasteiger charge is 2.25. The third-order valence-corrected chi connectivity index (χ3v) is 4.75. The molecule has 1 aliphatic heterocycles. The number of carbonyl (C=O) groups excluding carboxylic acids is 1. The van der Waals surface area contributed by atoms with Crippen molar-refractivity contribution >= 4 is 6.16 Å². The lowest BCUT2D eigenvalue weighted by Gasteiger charge is -2.29. The maximum Gasteiger partial charge on any atom is 0.527 e. The monoisotopic (exact) mass is 373 g/mol. The minimum absolute atomic E-state index is 0.327. The number of carbonyl (C=O) groups is 1. The van der Waals surface area contributed by atoms with Crippen molar-refractivity contribution < 1.29 is 19.1 Å². The summed E-state index contributed by atoms with van der Waals surface area (Å²) < 4.78 is 10.2. The Morgan fingerprint density at radius 3 is 2.67 bits per heavy atom. The molecule has 0 unspecified atom stereocenters. The number of ether oxygens (including phenoxy) is 2. The zero-order valence-corrected chi connectivity index (χ0v) is 15.9. The van der Waals surface area contributed by atoms with Gasteiger partial charge in [-0.1, -0.05) is 13.3 Å². The predicted molar refractivity (Wildman–Crippen MR) is 101 cm³/mol. The lowest BCUT2D eigenvalue weighted by Crippen LogP contribution is -2.35. The number of aromatic amines is 1. The van der Waals surface area contributed by atoms with Gasteiger partial charge in [0.05, 0.1) is 19.4 Å². The summed E-state index contributed by atoms with van der Waals surface area (Å²) in [6, 6.07) is 7.86. The number of unbranched alkanes of at least 4 members (excludes halogenated alkanes) is 1. The summed E-state index contributed by atoms with van der Waals surface area (Å²) >= 11 is 0. The number of hydrogen-bond donors (Lipinski definition) is 1. The predicted octanol–water partition coefficient (Wildman–Crippen LogP) is 4.13. The van der Waals surface area contributed by atoms with Crippen molar-refractivity contribution in [3.05, 3.63) is 36.3 Å². The Labute approximate surface area is 159 Å². The van der Waals surface area contributed by atoms with Crippen molar-refractivity contribution in [2.75, 3.05) is 26.8 Å². The number of piperidine rings is 1. The molecule has 1 saturated heterocycles. The molecule has 2 aromatic rings. The normalized spacial score (nSPS) is 15.5. The zero-order valence-electron chi connectivity index (χ0n) is 15.9. The van der Waals surface area contributed by atoms with E-state index in [0.29, 0.717) is 25.6 Å². The number of benzene rings is 1. The van der Waals surface area contributed by atoms with Gasteiger partial charge in [0, 0.05) is 30.8 Å². The van der Waals surface area contributed by atoms with Crippen molar-refractivity contribution in [3.8, 4) is 17.0 Å². The van der Waals surface area contributed by atoms with Gasteiger partial charge in [-0.05, 0) is 43.5 Å². The Kier molecular flexibility index (Phi) is 6.70. The second kappa shape index (κ2) is 9.41. The Morgan fingerprint density at radius 2 is 2.00 bits per heavy atom. The Bertz CT molecular complexity index is 721. The van der Waals surface area contributed by atoms with Gasteiger partial charge in [-0.2, -0.15) is 0 Å². The Hall–Kier alpha value is -2.54. The first-order valence-electron chi connectivity index (χ1n) is 9.49. The average Bonchev–Trinajstić information content (AvgIpc) is 3.19. The molecule has 3 rings (SSSR count). The van der Waals surface area contributed by atoms with Crippen molar-refractivity contribution in [3.63, 3.8) is 0 Å². The van der Waals surface area contributed by atoms with Gasteiger partial charge in [0.25, 0.3) is 0 Å². The molecule has 0 aliphatic carbocycles. The molecule has 0 bridgehead atoms. The molecule has 0 amide bonds. The molecule has 2 heterocycles. The van der Waals surface area contributed by atoms with Crippen molar-refractivity contribution in [1.29, 1.82) is 0 Å². The van der Waals surface area contributed by atoms with Crippen molar-refractivity contribution in [2.45, 2.75) is 38.5 Å². The van der Waals surface area contributed by atoms with Crippen LogP contribution >= 0.6 is 0 Å². The average molecular weight is 373 g/mol. The third kappa shape index (κ3) is 5.23. The summed E-state index contributed by atoms with van der Waals surface area (Å²) in [5.74, 6) is 2.13. The van der Waals surface area contributed by atoms with Crippen LogP contribution in [-0.2, 0) is 9.57 Å². The summed E-state index contributed by atoms with van der Waals surface area (Å²) in [5.41, 5.74) is 1.97. The quantitative estimate of drug-likeness (QED) is 0.581. The van der Waals surface area contributed by atoms with Crippen LogP contribution in [0.4, 0.5) is 4.79 Å². The molecule has 0 spiro atoms. The maximum atomic E-state index is 11.6. The van der Waals surface area contributed by atoms with Gasteiger partial charge in [-0.15, -0.1) is 5.06 Å². The molecule has 7 nitrogen and oxygen atoms in total. The molecule has 27 heavy (non-hydrogen) atoms. The maximum absolute atomic E-state index is 11.6. The summed E-state index contributed by atoms with van der Waals surface area (Å²) in [4.78, 5) is 24.9. The summed E-state index contributed by atoms with van der Waals surface area (Å²) in [6.45, 7) is 3.80. The number of imidazole rings is 1. The van der Waals surface area contributed by atoms with E-state index in [9.17, 15) is 4.79 Å². The van der Waals surface area contributed by atoms with E-state index in [4.69, 9.17) is 19.3 Å². The Balaban J connectivity index is 1.49. The molecule has 1 fully saturated rings. The van der Waals surface area contributed by atoms with Crippen molar-refractivity contribution in [1.82, 2.24) is 15.0 Å². The summed E-state index contributed by atoms with van der Waals surface area (Å²) in [7, 11) is 1.66. The minimum atomic E-state index is -0.610. The molecular formula is C20H27N3O4. The highest BCUT2D eigenvalue weighted by molar-refractivity contribution is 5.60. The molecule has 1 N–H and O–H groups in total. The van der Waals surface area contributed by atoms with Gasteiger partial charge < -0.3 is 19.3 Å². The van der Waals surface area contributed by atoms with Gasteiger partial charge in [0.2, 0.25) is 0 Å². The van der Waals surface area contributed by atoms with E-state index in [2.05, 4.69) is 4.98 Å². The molecular weight excluding hydrogens is 346 g/mol. The van der Waals surface area contributed by atoms with E-state index in [0.717, 1.165) is 48.5 Å². The topological polar surface area (TPSA) is 76.7 Å². The highest BCUT2D eigenvalue weighted by atomic mass is 16.8. The smallest absolute Gasteiger partial charge is 0.497 e. The van der Waals surface area contributed by atoms with Crippen LogP contribution in [0.25, 0.3) is 11.3 Å². The number of hydroxylamine groups is 2. The van der Waals surface area contributed by atoms with E-state index >= 15 is 0 Å². The second-order valence-corrected chi connectivity index (χ2v) is 6.65. The molecule has 0 radical (unpaired) electrons. The van der Waals surface area contributed by atoms with Crippen LogP contribution in [0.3, 0.4) is 0 Å². The van der Waals surface area contributed by atoms with Gasteiger partial charge >= 0.3 is 6.16 Å². The standard InChI is InChI=1S/C20H27N3O4/c1-3-4-13-26-20(24)27-23-11-9-16(10-12-23)19-21-14-18(22-19)15-5-7-17(25-2)8-6-15/h5-8,14,16H,3-4,9-13H2,1-2H3,(H,21,22). The van der Waals surface area contributed by atoms with Crippen LogP contribution in [0.5, 0.6) is 5.75 Å². The van der Waals surface area contributed by atoms with E-state index in [1.54, 1.807) is 12.2 Å². The van der Waals surface area contributed by atoms with E-state index in [-0.39, 0.29) is 0 Å².